The monoisotopic (exact) mass is 342 g/mol. The lowest BCUT2D eigenvalue weighted by Crippen LogP contribution is -2.37. The second-order valence-electron chi connectivity index (χ2n) is 5.77. The van der Waals surface area contributed by atoms with E-state index in [-0.39, 0.29) is 4.90 Å². The van der Waals surface area contributed by atoms with Crippen LogP contribution in [0.15, 0.2) is 17.0 Å². The van der Waals surface area contributed by atoms with Gasteiger partial charge in [-0.3, -0.25) is 0 Å². The Kier molecular flexibility index (Phi) is 6.26. The van der Waals surface area contributed by atoms with Gasteiger partial charge in [0.15, 0.2) is 11.5 Å². The van der Waals surface area contributed by atoms with Gasteiger partial charge in [0.05, 0.1) is 19.1 Å². The van der Waals surface area contributed by atoms with Crippen LogP contribution in [0.1, 0.15) is 24.8 Å². The quantitative estimate of drug-likeness (QED) is 0.818. The molecule has 0 saturated carbocycles. The third-order valence-corrected chi connectivity index (χ3v) is 5.74. The highest BCUT2D eigenvalue weighted by Gasteiger charge is 2.20. The van der Waals surface area contributed by atoms with Gasteiger partial charge in [0, 0.05) is 19.2 Å². The molecule has 2 rings (SSSR count). The molecule has 1 aliphatic heterocycles. The number of nitrogens with zero attached hydrogens (tertiary/aromatic N) is 1. The number of methoxy groups -OCH3 is 2. The number of sulfonamides is 1. The summed E-state index contributed by atoms with van der Waals surface area (Å²) in [6.07, 6.45) is 3.66. The predicted molar refractivity (Wildman–Crippen MR) is 89.8 cm³/mol. The van der Waals surface area contributed by atoms with E-state index in [0.29, 0.717) is 23.6 Å². The van der Waals surface area contributed by atoms with E-state index >= 15 is 0 Å². The molecule has 1 saturated heterocycles. The Balaban J connectivity index is 2.06. The third-order valence-electron chi connectivity index (χ3n) is 4.14. The normalized spacial score (nSPS) is 16.3. The van der Waals surface area contributed by atoms with E-state index < -0.39 is 10.0 Å². The van der Waals surface area contributed by atoms with Gasteiger partial charge in [-0.1, -0.05) is 6.42 Å². The van der Waals surface area contributed by atoms with Crippen molar-refractivity contribution in [3.8, 4) is 11.5 Å². The first-order valence-corrected chi connectivity index (χ1v) is 9.41. The van der Waals surface area contributed by atoms with Crippen LogP contribution in [-0.4, -0.2) is 53.7 Å². The standard InChI is InChI=1S/C16H26N2O4S/c1-13-11-14(21-2)15(22-3)12-16(13)23(19,20)17-7-10-18-8-5-4-6-9-18/h11-12,17H,4-10H2,1-3H3. The van der Waals surface area contributed by atoms with Crippen LogP contribution in [0.2, 0.25) is 0 Å². The molecule has 0 radical (unpaired) electrons. The van der Waals surface area contributed by atoms with Crippen molar-refractivity contribution in [1.82, 2.24) is 9.62 Å². The molecule has 1 aliphatic rings. The van der Waals surface area contributed by atoms with Crippen molar-refractivity contribution in [2.24, 2.45) is 0 Å². The maximum absolute atomic E-state index is 12.5. The Labute approximate surface area is 138 Å². The van der Waals surface area contributed by atoms with Gasteiger partial charge < -0.3 is 14.4 Å². The Morgan fingerprint density at radius 1 is 1.09 bits per heavy atom. The summed E-state index contributed by atoms with van der Waals surface area (Å²) >= 11 is 0. The maximum atomic E-state index is 12.5. The topological polar surface area (TPSA) is 67.9 Å². The van der Waals surface area contributed by atoms with E-state index in [1.165, 1.54) is 39.5 Å². The fourth-order valence-electron chi connectivity index (χ4n) is 2.85. The van der Waals surface area contributed by atoms with E-state index in [0.717, 1.165) is 19.6 Å². The van der Waals surface area contributed by atoms with Crippen molar-refractivity contribution in [2.45, 2.75) is 31.1 Å². The van der Waals surface area contributed by atoms with Gasteiger partial charge in [0.1, 0.15) is 0 Å². The lowest BCUT2D eigenvalue weighted by molar-refractivity contribution is 0.233. The van der Waals surface area contributed by atoms with Crippen LogP contribution in [0.4, 0.5) is 0 Å². The Morgan fingerprint density at radius 3 is 2.30 bits per heavy atom. The summed E-state index contributed by atoms with van der Waals surface area (Å²) in [5.41, 5.74) is 0.633. The van der Waals surface area contributed by atoms with Crippen LogP contribution in [0.3, 0.4) is 0 Å². The van der Waals surface area contributed by atoms with Crippen LogP contribution in [0.25, 0.3) is 0 Å². The predicted octanol–water partition coefficient (Wildman–Crippen LogP) is 1.78. The molecule has 0 atom stereocenters. The molecule has 0 bridgehead atoms. The number of likely N-dealkylation sites (tertiary alicyclic amines) is 1. The SMILES string of the molecule is COc1cc(C)c(S(=O)(=O)NCCN2CCCCC2)cc1OC. The first-order chi connectivity index (χ1) is 11.0. The zero-order valence-electron chi connectivity index (χ0n) is 14.1. The number of piperidine rings is 1. The van der Waals surface area contributed by atoms with E-state index in [1.54, 1.807) is 13.0 Å². The summed E-state index contributed by atoms with van der Waals surface area (Å²) in [5.74, 6) is 0.937. The summed E-state index contributed by atoms with van der Waals surface area (Å²) in [4.78, 5) is 2.53. The molecule has 0 amide bonds. The zero-order valence-corrected chi connectivity index (χ0v) is 14.9. The fraction of sp³-hybridized carbons (Fsp3) is 0.625. The maximum Gasteiger partial charge on any atom is 0.241 e. The van der Waals surface area contributed by atoms with E-state index in [1.807, 2.05) is 0 Å². The summed E-state index contributed by atoms with van der Waals surface area (Å²) in [7, 11) is -0.538. The summed E-state index contributed by atoms with van der Waals surface area (Å²) in [6.45, 7) is 5.01. The van der Waals surface area contributed by atoms with Crippen molar-refractivity contribution in [1.29, 1.82) is 0 Å². The third kappa shape index (κ3) is 4.59. The molecule has 1 fully saturated rings. The van der Waals surface area contributed by atoms with Crippen LogP contribution in [0, 0.1) is 6.92 Å². The van der Waals surface area contributed by atoms with Crippen LogP contribution >= 0.6 is 0 Å². The minimum absolute atomic E-state index is 0.230. The second-order valence-corrected chi connectivity index (χ2v) is 7.51. The zero-order chi connectivity index (χ0) is 16.9. The number of nitrogens with one attached hydrogen (secondary N) is 1. The Bertz CT molecular complexity index is 625. The number of rotatable bonds is 7. The average Bonchev–Trinajstić information content (AvgIpc) is 2.55. The molecule has 1 N–H and O–H groups in total. The van der Waals surface area contributed by atoms with Gasteiger partial charge >= 0.3 is 0 Å². The summed E-state index contributed by atoms with van der Waals surface area (Å²) in [5, 5.41) is 0. The molecule has 1 heterocycles. The molecule has 0 spiro atoms. The average molecular weight is 342 g/mol. The van der Waals surface area contributed by atoms with Gasteiger partial charge in [-0.15, -0.1) is 0 Å². The molecule has 0 aromatic heterocycles. The molecule has 6 nitrogen and oxygen atoms in total. The second kappa shape index (κ2) is 7.99. The number of hydrogen-bond donors (Lipinski definition) is 1. The molecular weight excluding hydrogens is 316 g/mol. The largest absolute Gasteiger partial charge is 0.493 e. The van der Waals surface area contributed by atoms with Crippen molar-refractivity contribution >= 4 is 10.0 Å². The fourth-order valence-corrected chi connectivity index (χ4v) is 4.11. The molecule has 0 aliphatic carbocycles. The van der Waals surface area contributed by atoms with E-state index in [4.69, 9.17) is 9.47 Å². The molecule has 130 valence electrons. The molecule has 1 aromatic carbocycles. The van der Waals surface area contributed by atoms with Crippen molar-refractivity contribution in [3.63, 3.8) is 0 Å². The Hall–Kier alpha value is -1.31. The molecule has 1 aromatic rings. The molecule has 0 unspecified atom stereocenters. The number of aryl methyl sites for hydroxylation is 1. The highest BCUT2D eigenvalue weighted by atomic mass is 32.2. The lowest BCUT2D eigenvalue weighted by atomic mass is 10.1. The highest BCUT2D eigenvalue weighted by molar-refractivity contribution is 7.89. The minimum atomic E-state index is -3.56. The Morgan fingerprint density at radius 2 is 1.70 bits per heavy atom. The van der Waals surface area contributed by atoms with Gasteiger partial charge in [0.2, 0.25) is 10.0 Å². The van der Waals surface area contributed by atoms with Gasteiger partial charge in [-0.25, -0.2) is 13.1 Å². The lowest BCUT2D eigenvalue weighted by Gasteiger charge is -2.26. The summed E-state index contributed by atoms with van der Waals surface area (Å²) < 4.78 is 38.2. The van der Waals surface area contributed by atoms with Crippen LogP contribution in [0.5, 0.6) is 11.5 Å². The van der Waals surface area contributed by atoms with Gasteiger partial charge in [0.25, 0.3) is 0 Å². The minimum Gasteiger partial charge on any atom is -0.493 e. The molecule has 7 heteroatoms. The van der Waals surface area contributed by atoms with Crippen molar-refractivity contribution < 1.29 is 17.9 Å². The van der Waals surface area contributed by atoms with Gasteiger partial charge in [-0.2, -0.15) is 0 Å². The number of benzene rings is 1. The first kappa shape index (κ1) is 18.0. The first-order valence-electron chi connectivity index (χ1n) is 7.92. The van der Waals surface area contributed by atoms with E-state index in [9.17, 15) is 8.42 Å². The summed E-state index contributed by atoms with van der Waals surface area (Å²) in [6, 6.07) is 3.19. The van der Waals surface area contributed by atoms with E-state index in [2.05, 4.69) is 9.62 Å². The van der Waals surface area contributed by atoms with Gasteiger partial charge in [-0.05, 0) is 44.5 Å². The molecular formula is C16H26N2O4S. The number of ether oxygens (including phenoxy) is 2. The van der Waals surface area contributed by atoms with Crippen molar-refractivity contribution in [2.75, 3.05) is 40.4 Å². The number of hydrogen-bond acceptors (Lipinski definition) is 5. The van der Waals surface area contributed by atoms with Crippen LogP contribution in [-0.2, 0) is 10.0 Å². The smallest absolute Gasteiger partial charge is 0.241 e. The highest BCUT2D eigenvalue weighted by Crippen LogP contribution is 2.32. The van der Waals surface area contributed by atoms with Crippen LogP contribution < -0.4 is 14.2 Å². The molecule has 23 heavy (non-hydrogen) atoms. The van der Waals surface area contributed by atoms with Crippen molar-refractivity contribution in [3.05, 3.63) is 17.7 Å².